The van der Waals surface area contributed by atoms with E-state index in [9.17, 15) is 4.48 Å². The van der Waals surface area contributed by atoms with Gasteiger partial charge in [-0.15, -0.1) is 10.0 Å². The fraction of sp³-hybridized carbons (Fsp3) is 0.600. The zero-order valence-corrected chi connectivity index (χ0v) is 15.1. The molecule has 0 saturated carbocycles. The summed E-state index contributed by atoms with van der Waals surface area (Å²) in [6.45, 7) is 6.51. The van der Waals surface area contributed by atoms with E-state index < -0.39 is 10.8 Å². The van der Waals surface area contributed by atoms with Crippen LogP contribution < -0.4 is 10.9 Å². The predicted octanol–water partition coefficient (Wildman–Crippen LogP) is 4.64. The lowest BCUT2D eigenvalue weighted by Gasteiger charge is -2.45. The zero-order chi connectivity index (χ0) is 15.9. The highest BCUT2D eigenvalue weighted by molar-refractivity contribution is 9.07. The van der Waals surface area contributed by atoms with Crippen LogP contribution in [0.2, 0.25) is 0 Å². The number of alkyl halides is 1. The molecule has 2 atom stereocenters. The quantitative estimate of drug-likeness (QED) is 0.215. The maximum absolute atomic E-state index is 13.3. The van der Waals surface area contributed by atoms with Gasteiger partial charge < -0.3 is 0 Å². The topological polar surface area (TPSA) is 27.3 Å². The first-order valence-corrected chi connectivity index (χ1v) is 8.36. The van der Waals surface area contributed by atoms with Gasteiger partial charge in [0, 0.05) is 21.7 Å². The van der Waals surface area contributed by atoms with E-state index in [2.05, 4.69) is 28.4 Å². The molecule has 1 rings (SSSR count). The van der Waals surface area contributed by atoms with Crippen LogP contribution in [0, 0.1) is 0 Å². The summed E-state index contributed by atoms with van der Waals surface area (Å²) in [6.07, 6.45) is 2.59. The standard InChI is InChI=1S/C15H24BrClFN3/c1-4-6-12-19-15(17,13-10-8-7-9-11-13)21(16)14(3,5-2)20-18/h7-11,19-20H,4-6,12H2,1-3H3. The maximum atomic E-state index is 13.3. The lowest BCUT2D eigenvalue weighted by molar-refractivity contribution is 0.0312. The molecule has 2 N–H and O–H groups in total. The Morgan fingerprint density at radius 1 is 1.29 bits per heavy atom. The maximum Gasteiger partial charge on any atom is 0.186 e. The summed E-state index contributed by atoms with van der Waals surface area (Å²) in [5, 5.41) is 2.28. The first kappa shape index (κ1) is 18.8. The molecule has 120 valence electrons. The molecular formula is C15H24BrClFN3. The predicted molar refractivity (Wildman–Crippen MR) is 90.6 cm³/mol. The van der Waals surface area contributed by atoms with Gasteiger partial charge in [-0.2, -0.15) is 3.93 Å². The Labute approximate surface area is 140 Å². The van der Waals surface area contributed by atoms with Crippen LogP contribution in [0.4, 0.5) is 4.48 Å². The molecule has 0 heterocycles. The van der Waals surface area contributed by atoms with Crippen LogP contribution in [0.5, 0.6) is 0 Å². The molecule has 0 aliphatic rings. The molecule has 1 aromatic carbocycles. The molecule has 0 aliphatic heterocycles. The molecule has 0 aromatic heterocycles. The van der Waals surface area contributed by atoms with Gasteiger partial charge in [-0.25, -0.2) is 0 Å². The second kappa shape index (κ2) is 8.44. The normalized spacial score (nSPS) is 17.5. The first-order valence-electron chi connectivity index (χ1n) is 7.28. The van der Waals surface area contributed by atoms with Gasteiger partial charge in [0.15, 0.2) is 5.12 Å². The van der Waals surface area contributed by atoms with Crippen molar-refractivity contribution in [3.05, 3.63) is 35.9 Å². The van der Waals surface area contributed by atoms with E-state index in [1.54, 1.807) is 10.8 Å². The Bertz CT molecular complexity index is 417. The zero-order valence-electron chi connectivity index (χ0n) is 12.8. The van der Waals surface area contributed by atoms with Crippen molar-refractivity contribution in [2.24, 2.45) is 0 Å². The van der Waals surface area contributed by atoms with Crippen molar-refractivity contribution in [2.45, 2.75) is 50.8 Å². The third-order valence-corrected chi connectivity index (χ3v) is 5.68. The molecule has 0 saturated heterocycles. The number of rotatable bonds is 9. The van der Waals surface area contributed by atoms with Gasteiger partial charge in [0.05, 0.1) is 0 Å². The lowest BCUT2D eigenvalue weighted by Crippen LogP contribution is -2.60. The van der Waals surface area contributed by atoms with E-state index >= 15 is 0 Å². The minimum Gasteiger partial charge on any atom is -0.282 e. The first-order chi connectivity index (χ1) is 9.94. The fourth-order valence-corrected chi connectivity index (χ4v) is 3.01. The molecular weight excluding hydrogens is 357 g/mol. The number of halogens is 3. The average Bonchev–Trinajstić information content (AvgIpc) is 2.54. The van der Waals surface area contributed by atoms with Crippen LogP contribution in [-0.2, 0) is 5.12 Å². The molecule has 0 bridgehead atoms. The van der Waals surface area contributed by atoms with Crippen molar-refractivity contribution >= 4 is 27.7 Å². The molecule has 21 heavy (non-hydrogen) atoms. The molecule has 0 aliphatic carbocycles. The van der Waals surface area contributed by atoms with E-state index in [0.717, 1.165) is 24.9 Å². The van der Waals surface area contributed by atoms with E-state index in [-0.39, 0.29) is 0 Å². The Morgan fingerprint density at radius 3 is 2.38 bits per heavy atom. The van der Waals surface area contributed by atoms with E-state index in [1.807, 2.05) is 42.8 Å². The molecule has 1 aromatic rings. The van der Waals surface area contributed by atoms with Crippen molar-refractivity contribution in [1.82, 2.24) is 14.8 Å². The largest absolute Gasteiger partial charge is 0.282 e. The van der Waals surface area contributed by atoms with Crippen molar-refractivity contribution in [3.63, 3.8) is 0 Å². The number of unbranched alkanes of at least 4 members (excludes halogenated alkanes) is 1. The van der Waals surface area contributed by atoms with Gasteiger partial charge in [-0.3, -0.25) is 5.32 Å². The van der Waals surface area contributed by atoms with Crippen molar-refractivity contribution in [3.8, 4) is 0 Å². The second-order valence-electron chi connectivity index (χ2n) is 5.27. The average molecular weight is 381 g/mol. The van der Waals surface area contributed by atoms with Crippen LogP contribution in [0.1, 0.15) is 45.6 Å². The monoisotopic (exact) mass is 379 g/mol. The summed E-state index contributed by atoms with van der Waals surface area (Å²) in [5.41, 5.74) is 1.77. The highest BCUT2D eigenvalue weighted by Gasteiger charge is 2.44. The van der Waals surface area contributed by atoms with Crippen LogP contribution >= 0.6 is 27.7 Å². The number of nitrogens with one attached hydrogen (secondary N) is 2. The third-order valence-electron chi connectivity index (χ3n) is 3.64. The van der Waals surface area contributed by atoms with Gasteiger partial charge in [-0.05, 0) is 26.3 Å². The van der Waals surface area contributed by atoms with Crippen molar-refractivity contribution in [2.75, 3.05) is 6.54 Å². The van der Waals surface area contributed by atoms with Gasteiger partial charge in [0.1, 0.15) is 5.66 Å². The third kappa shape index (κ3) is 4.39. The highest BCUT2D eigenvalue weighted by Crippen LogP contribution is 2.39. The van der Waals surface area contributed by atoms with Crippen molar-refractivity contribution < 1.29 is 4.48 Å². The summed E-state index contributed by atoms with van der Waals surface area (Å²) in [7, 11) is 0. The van der Waals surface area contributed by atoms with Crippen molar-refractivity contribution in [1.29, 1.82) is 0 Å². The summed E-state index contributed by atoms with van der Waals surface area (Å²) in [5.74, 6) is 0. The Morgan fingerprint density at radius 2 is 1.90 bits per heavy atom. The Kier molecular flexibility index (Phi) is 7.57. The highest BCUT2D eigenvalue weighted by atomic mass is 79.9. The smallest absolute Gasteiger partial charge is 0.186 e. The summed E-state index contributed by atoms with van der Waals surface area (Å²) in [6, 6.07) is 9.61. The summed E-state index contributed by atoms with van der Waals surface area (Å²) >= 11 is 10.3. The summed E-state index contributed by atoms with van der Waals surface area (Å²) < 4.78 is 14.9. The van der Waals surface area contributed by atoms with Gasteiger partial charge in [-0.1, -0.05) is 62.2 Å². The van der Waals surface area contributed by atoms with Crippen LogP contribution in [-0.4, -0.2) is 16.1 Å². The van der Waals surface area contributed by atoms with Gasteiger partial charge in [0.25, 0.3) is 0 Å². The molecule has 3 nitrogen and oxygen atoms in total. The van der Waals surface area contributed by atoms with Gasteiger partial charge in [0.2, 0.25) is 0 Å². The molecule has 0 spiro atoms. The molecule has 0 radical (unpaired) electrons. The van der Waals surface area contributed by atoms with E-state index in [4.69, 9.17) is 11.6 Å². The Balaban J connectivity index is 3.12. The second-order valence-corrected chi connectivity index (χ2v) is 6.53. The van der Waals surface area contributed by atoms with Gasteiger partial charge >= 0.3 is 0 Å². The molecule has 0 amide bonds. The van der Waals surface area contributed by atoms with Crippen LogP contribution in [0.25, 0.3) is 0 Å². The number of hydrogen-bond donors (Lipinski definition) is 2. The molecule has 6 heteroatoms. The van der Waals surface area contributed by atoms with E-state index in [0.29, 0.717) is 6.42 Å². The lowest BCUT2D eigenvalue weighted by atomic mass is 10.1. The van der Waals surface area contributed by atoms with Crippen LogP contribution in [0.3, 0.4) is 0 Å². The minimum atomic E-state index is -1.04. The Hall–Kier alpha value is -0.200. The number of benzene rings is 1. The summed E-state index contributed by atoms with van der Waals surface area (Å²) in [4.78, 5) is 0. The molecule has 0 fully saturated rings. The minimum absolute atomic E-state index is 0.533. The van der Waals surface area contributed by atoms with E-state index in [1.165, 1.54) is 0 Å². The van der Waals surface area contributed by atoms with Crippen LogP contribution in [0.15, 0.2) is 30.3 Å². The fourth-order valence-electron chi connectivity index (χ4n) is 1.96. The number of hydrogen-bond acceptors (Lipinski definition) is 3. The molecule has 2 unspecified atom stereocenters. The SMILES string of the molecule is CCCCNC(Cl)(c1ccccc1)N(Br)C(C)(CC)NF. The number of nitrogens with zero attached hydrogens (tertiary/aromatic N) is 1.